The van der Waals surface area contributed by atoms with E-state index >= 15 is 0 Å². The van der Waals surface area contributed by atoms with Gasteiger partial charge in [-0.05, 0) is 54.7 Å². The molecule has 0 saturated heterocycles. The van der Waals surface area contributed by atoms with Crippen LogP contribution in [0.3, 0.4) is 0 Å². The van der Waals surface area contributed by atoms with Crippen LogP contribution >= 0.6 is 0 Å². The molecule has 0 radical (unpaired) electrons. The molecule has 3 nitrogen and oxygen atoms in total. The molecule has 1 N–H and O–H groups in total. The van der Waals surface area contributed by atoms with Gasteiger partial charge in [0.25, 0.3) is 0 Å². The summed E-state index contributed by atoms with van der Waals surface area (Å²) in [5, 5.41) is 12.1. The lowest BCUT2D eigenvalue weighted by atomic mass is 10.1. The highest BCUT2D eigenvalue weighted by Gasteiger charge is 2.10. The largest absolute Gasteiger partial charge is 0.355 e. The van der Waals surface area contributed by atoms with Gasteiger partial charge in [0.05, 0.1) is 0 Å². The number of nitrogens with zero attached hydrogens (tertiary/aromatic N) is 2. The molecule has 88 valence electrons. The Hall–Kier alpha value is -2.34. The summed E-state index contributed by atoms with van der Waals surface area (Å²) < 4.78 is 0. The number of aromatic nitrogens is 1. The summed E-state index contributed by atoms with van der Waals surface area (Å²) >= 11 is 0. The molecule has 0 bridgehead atoms. The fraction of sp³-hybridized carbons (Fsp3) is 0.200. The predicted molar refractivity (Wildman–Crippen MR) is 70.7 cm³/mol. The number of pyridine rings is 1. The van der Waals surface area contributed by atoms with Gasteiger partial charge in [0.15, 0.2) is 0 Å². The molecule has 0 atom stereocenters. The number of nitrogens with one attached hydrogen (secondary N) is 1. The van der Waals surface area contributed by atoms with Crippen LogP contribution in [0.5, 0.6) is 0 Å². The molecule has 0 unspecified atom stereocenters. The van der Waals surface area contributed by atoms with E-state index in [-0.39, 0.29) is 0 Å². The molecule has 1 aliphatic carbocycles. The Morgan fingerprint density at radius 2 is 1.89 bits per heavy atom. The van der Waals surface area contributed by atoms with Crippen molar-refractivity contribution in [1.29, 1.82) is 5.26 Å². The molecule has 1 heterocycles. The Kier molecular flexibility index (Phi) is 2.70. The summed E-state index contributed by atoms with van der Waals surface area (Å²) in [6.45, 7) is 0. The van der Waals surface area contributed by atoms with Gasteiger partial charge in [0, 0.05) is 17.6 Å². The Bertz CT molecular complexity index is 626. The zero-order chi connectivity index (χ0) is 12.4. The zero-order valence-electron chi connectivity index (χ0n) is 9.98. The fourth-order valence-electron chi connectivity index (χ4n) is 2.39. The lowest BCUT2D eigenvalue weighted by molar-refractivity contribution is 0.912. The molecule has 2 aromatic rings. The van der Waals surface area contributed by atoms with Gasteiger partial charge in [0.1, 0.15) is 11.8 Å². The molecule has 1 aromatic heterocycles. The van der Waals surface area contributed by atoms with Crippen LogP contribution in [0.2, 0.25) is 0 Å². The highest BCUT2D eigenvalue weighted by molar-refractivity contribution is 5.62. The Balaban J connectivity index is 1.86. The molecule has 0 aliphatic heterocycles. The highest BCUT2D eigenvalue weighted by Crippen LogP contribution is 2.26. The lowest BCUT2D eigenvalue weighted by Crippen LogP contribution is -1.93. The first-order valence-electron chi connectivity index (χ1n) is 6.10. The van der Waals surface area contributed by atoms with Gasteiger partial charge >= 0.3 is 0 Å². The molecular formula is C15H13N3. The van der Waals surface area contributed by atoms with Gasteiger partial charge in [-0.25, -0.2) is 4.98 Å². The van der Waals surface area contributed by atoms with Crippen LogP contribution in [0.25, 0.3) is 0 Å². The predicted octanol–water partition coefficient (Wildman–Crippen LogP) is 3.19. The molecule has 3 rings (SSSR count). The number of rotatable bonds is 2. The molecule has 0 spiro atoms. The number of hydrogen-bond donors (Lipinski definition) is 1. The van der Waals surface area contributed by atoms with E-state index in [4.69, 9.17) is 5.26 Å². The van der Waals surface area contributed by atoms with Crippen molar-refractivity contribution in [2.45, 2.75) is 19.3 Å². The monoisotopic (exact) mass is 235 g/mol. The minimum absolute atomic E-state index is 0.432. The standard InChI is InChI=1S/C15H13N3/c16-10-15-9-14(6-7-17-15)18-13-5-4-11-2-1-3-12(11)8-13/h4-9H,1-3H2,(H,17,18). The third-order valence-electron chi connectivity index (χ3n) is 3.26. The van der Waals surface area contributed by atoms with Gasteiger partial charge in [-0.2, -0.15) is 5.26 Å². The van der Waals surface area contributed by atoms with E-state index in [1.54, 1.807) is 12.3 Å². The number of benzene rings is 1. The first-order chi connectivity index (χ1) is 8.85. The van der Waals surface area contributed by atoms with Crippen molar-refractivity contribution < 1.29 is 0 Å². The van der Waals surface area contributed by atoms with E-state index < -0.39 is 0 Å². The molecule has 0 amide bonds. The van der Waals surface area contributed by atoms with Crippen molar-refractivity contribution in [3.63, 3.8) is 0 Å². The second-order valence-corrected chi connectivity index (χ2v) is 4.50. The highest BCUT2D eigenvalue weighted by atomic mass is 14.9. The van der Waals surface area contributed by atoms with Crippen molar-refractivity contribution in [2.75, 3.05) is 5.32 Å². The van der Waals surface area contributed by atoms with Crippen LogP contribution in [0.1, 0.15) is 23.2 Å². The van der Waals surface area contributed by atoms with Crippen molar-refractivity contribution in [3.05, 3.63) is 53.3 Å². The fourth-order valence-corrected chi connectivity index (χ4v) is 2.39. The molecule has 1 aromatic carbocycles. The van der Waals surface area contributed by atoms with Gasteiger partial charge in [-0.3, -0.25) is 0 Å². The van der Waals surface area contributed by atoms with Crippen LogP contribution in [0, 0.1) is 11.3 Å². The topological polar surface area (TPSA) is 48.7 Å². The van der Waals surface area contributed by atoms with E-state index in [1.165, 1.54) is 30.4 Å². The maximum absolute atomic E-state index is 8.81. The summed E-state index contributed by atoms with van der Waals surface area (Å²) in [6.07, 6.45) is 5.27. The first kappa shape index (κ1) is 10.8. The number of nitriles is 1. The van der Waals surface area contributed by atoms with E-state index in [2.05, 4.69) is 28.5 Å². The smallest absolute Gasteiger partial charge is 0.142 e. The zero-order valence-corrected chi connectivity index (χ0v) is 9.98. The average molecular weight is 235 g/mol. The van der Waals surface area contributed by atoms with E-state index in [1.807, 2.05) is 12.1 Å². The van der Waals surface area contributed by atoms with Crippen molar-refractivity contribution in [3.8, 4) is 6.07 Å². The van der Waals surface area contributed by atoms with Gasteiger partial charge in [-0.15, -0.1) is 0 Å². The van der Waals surface area contributed by atoms with E-state index in [0.29, 0.717) is 5.69 Å². The van der Waals surface area contributed by atoms with Gasteiger partial charge in [-0.1, -0.05) is 6.07 Å². The summed E-state index contributed by atoms with van der Waals surface area (Å²) in [5.41, 5.74) is 5.31. The molecule has 0 fully saturated rings. The number of aryl methyl sites for hydroxylation is 2. The average Bonchev–Trinajstić information content (AvgIpc) is 2.86. The van der Waals surface area contributed by atoms with Crippen molar-refractivity contribution >= 4 is 11.4 Å². The van der Waals surface area contributed by atoms with E-state index in [9.17, 15) is 0 Å². The summed E-state index contributed by atoms with van der Waals surface area (Å²) in [6, 6.07) is 12.2. The molecular weight excluding hydrogens is 222 g/mol. The second-order valence-electron chi connectivity index (χ2n) is 4.50. The van der Waals surface area contributed by atoms with Crippen molar-refractivity contribution in [2.24, 2.45) is 0 Å². The maximum atomic E-state index is 8.81. The Morgan fingerprint density at radius 3 is 2.78 bits per heavy atom. The van der Waals surface area contributed by atoms with Crippen LogP contribution in [-0.2, 0) is 12.8 Å². The second kappa shape index (κ2) is 4.50. The maximum Gasteiger partial charge on any atom is 0.142 e. The van der Waals surface area contributed by atoms with Gasteiger partial charge in [0.2, 0.25) is 0 Å². The third kappa shape index (κ3) is 2.05. The normalized spacial score (nSPS) is 12.8. The Labute approximate surface area is 106 Å². The molecule has 3 heteroatoms. The first-order valence-corrected chi connectivity index (χ1v) is 6.10. The minimum atomic E-state index is 0.432. The van der Waals surface area contributed by atoms with E-state index in [0.717, 1.165) is 11.4 Å². The SMILES string of the molecule is N#Cc1cc(Nc2ccc3c(c2)CCC3)ccn1. The van der Waals surface area contributed by atoms with Crippen LogP contribution in [0.15, 0.2) is 36.5 Å². The lowest BCUT2D eigenvalue weighted by Gasteiger charge is -2.08. The summed E-state index contributed by atoms with van der Waals surface area (Å²) in [7, 11) is 0. The Morgan fingerprint density at radius 1 is 1.06 bits per heavy atom. The minimum Gasteiger partial charge on any atom is -0.355 e. The molecule has 1 aliphatic rings. The van der Waals surface area contributed by atoms with Crippen LogP contribution in [0.4, 0.5) is 11.4 Å². The van der Waals surface area contributed by atoms with Crippen LogP contribution in [-0.4, -0.2) is 4.98 Å². The molecule has 0 saturated carbocycles. The summed E-state index contributed by atoms with van der Waals surface area (Å²) in [4.78, 5) is 3.96. The third-order valence-corrected chi connectivity index (χ3v) is 3.26. The van der Waals surface area contributed by atoms with Gasteiger partial charge < -0.3 is 5.32 Å². The number of anilines is 2. The van der Waals surface area contributed by atoms with Crippen molar-refractivity contribution in [1.82, 2.24) is 4.98 Å². The summed E-state index contributed by atoms with van der Waals surface area (Å²) in [5.74, 6) is 0. The number of fused-ring (bicyclic) bond motifs is 1. The number of hydrogen-bond acceptors (Lipinski definition) is 3. The molecule has 18 heavy (non-hydrogen) atoms. The quantitative estimate of drug-likeness (QED) is 0.869. The van der Waals surface area contributed by atoms with Crippen LogP contribution < -0.4 is 5.32 Å².